The molecule has 1 atom stereocenters. The number of hydrogen-bond acceptors (Lipinski definition) is 5. The second-order valence-corrected chi connectivity index (χ2v) is 8.22. The first kappa shape index (κ1) is 21.9. The molecule has 2 aliphatic heterocycles. The van der Waals surface area contributed by atoms with E-state index in [0.717, 1.165) is 0 Å². The predicted octanol–water partition coefficient (Wildman–Crippen LogP) is 1.68. The third-order valence-electron chi connectivity index (χ3n) is 5.88. The number of carbonyl (C=O) groups is 3. The Morgan fingerprint density at radius 3 is 2.17 bits per heavy atom. The lowest BCUT2D eigenvalue weighted by atomic mass is 10.0. The van der Waals surface area contributed by atoms with Gasteiger partial charge in [0.25, 0.3) is 5.91 Å². The van der Waals surface area contributed by atoms with Crippen LogP contribution in [0.25, 0.3) is 0 Å². The molecule has 2 heterocycles. The Morgan fingerprint density at radius 2 is 1.67 bits per heavy atom. The second kappa shape index (κ2) is 9.36. The van der Waals surface area contributed by atoms with Crippen LogP contribution < -0.4 is 14.8 Å². The zero-order chi connectivity index (χ0) is 21.8. The monoisotopic (exact) mass is 417 g/mol. The van der Waals surface area contributed by atoms with E-state index >= 15 is 0 Å². The van der Waals surface area contributed by atoms with Crippen molar-refractivity contribution < 1.29 is 23.9 Å². The van der Waals surface area contributed by atoms with Gasteiger partial charge in [0.1, 0.15) is 11.5 Å². The maximum absolute atomic E-state index is 12.9. The van der Waals surface area contributed by atoms with Crippen molar-refractivity contribution in [3.05, 3.63) is 23.8 Å². The third kappa shape index (κ3) is 4.86. The molecular formula is C22H31N3O5. The minimum Gasteiger partial charge on any atom is -0.497 e. The highest BCUT2D eigenvalue weighted by molar-refractivity contribution is 5.95. The lowest BCUT2D eigenvalue weighted by Gasteiger charge is -2.33. The molecule has 8 nitrogen and oxygen atoms in total. The van der Waals surface area contributed by atoms with Gasteiger partial charge in [0.05, 0.1) is 20.1 Å². The van der Waals surface area contributed by atoms with E-state index in [1.165, 1.54) is 0 Å². The van der Waals surface area contributed by atoms with Crippen molar-refractivity contribution in [2.75, 3.05) is 33.9 Å². The number of benzene rings is 1. The van der Waals surface area contributed by atoms with Gasteiger partial charge in [-0.3, -0.25) is 14.4 Å². The van der Waals surface area contributed by atoms with Crippen LogP contribution in [0.2, 0.25) is 0 Å². The summed E-state index contributed by atoms with van der Waals surface area (Å²) in [5.74, 6) is 0.755. The molecule has 30 heavy (non-hydrogen) atoms. The molecule has 0 bridgehead atoms. The molecule has 1 N–H and O–H groups in total. The molecular weight excluding hydrogens is 386 g/mol. The summed E-state index contributed by atoms with van der Waals surface area (Å²) in [6.45, 7) is 5.53. The van der Waals surface area contributed by atoms with E-state index in [2.05, 4.69) is 5.32 Å². The standard InChI is InChI=1S/C22H31N3O5/c1-14(2)25-13-16(11-20(25)26)21(27)23-17-5-7-24(8-6-17)22(28)15-9-18(29-3)12-19(10-15)30-4/h9-10,12,14,16-17H,5-8,11,13H2,1-4H3,(H,23,27). The number of ether oxygens (including phenoxy) is 2. The highest BCUT2D eigenvalue weighted by atomic mass is 16.5. The SMILES string of the molecule is COc1cc(OC)cc(C(=O)N2CCC(NC(=O)C3CC(=O)N(C(C)C)C3)CC2)c1. The van der Waals surface area contributed by atoms with Gasteiger partial charge in [-0.2, -0.15) is 0 Å². The summed E-state index contributed by atoms with van der Waals surface area (Å²) in [6, 6.07) is 5.27. The number of nitrogens with zero attached hydrogens (tertiary/aromatic N) is 2. The van der Waals surface area contributed by atoms with Gasteiger partial charge in [0, 0.05) is 49.8 Å². The minimum absolute atomic E-state index is 0.0181. The Kier molecular flexibility index (Phi) is 6.84. The van der Waals surface area contributed by atoms with Crippen LogP contribution in [0.5, 0.6) is 11.5 Å². The summed E-state index contributed by atoms with van der Waals surface area (Å²) >= 11 is 0. The second-order valence-electron chi connectivity index (χ2n) is 8.22. The molecule has 0 aliphatic carbocycles. The first-order valence-corrected chi connectivity index (χ1v) is 10.4. The number of carbonyl (C=O) groups excluding carboxylic acids is 3. The maximum atomic E-state index is 12.9. The minimum atomic E-state index is -0.288. The molecule has 0 spiro atoms. The number of amides is 3. The number of nitrogens with one attached hydrogen (secondary N) is 1. The number of likely N-dealkylation sites (tertiary alicyclic amines) is 2. The quantitative estimate of drug-likeness (QED) is 0.761. The average molecular weight is 418 g/mol. The summed E-state index contributed by atoms with van der Waals surface area (Å²) in [5.41, 5.74) is 0.520. The summed E-state index contributed by atoms with van der Waals surface area (Å²) in [6.07, 6.45) is 1.65. The molecule has 164 valence electrons. The molecule has 0 aromatic heterocycles. The lowest BCUT2D eigenvalue weighted by Crippen LogP contribution is -2.48. The van der Waals surface area contributed by atoms with Crippen LogP contribution in [0.15, 0.2) is 18.2 Å². The van der Waals surface area contributed by atoms with Gasteiger partial charge in [-0.15, -0.1) is 0 Å². The Balaban J connectivity index is 1.53. The van der Waals surface area contributed by atoms with Crippen molar-refractivity contribution in [3.8, 4) is 11.5 Å². The van der Waals surface area contributed by atoms with Crippen LogP contribution in [0, 0.1) is 5.92 Å². The largest absolute Gasteiger partial charge is 0.497 e. The fraction of sp³-hybridized carbons (Fsp3) is 0.591. The molecule has 2 aliphatic rings. The van der Waals surface area contributed by atoms with E-state index in [-0.39, 0.29) is 42.1 Å². The van der Waals surface area contributed by atoms with Gasteiger partial charge in [-0.25, -0.2) is 0 Å². The fourth-order valence-electron chi connectivity index (χ4n) is 4.07. The fourth-order valence-corrected chi connectivity index (χ4v) is 4.07. The first-order valence-electron chi connectivity index (χ1n) is 10.4. The van der Waals surface area contributed by atoms with Gasteiger partial charge in [-0.05, 0) is 38.8 Å². The zero-order valence-electron chi connectivity index (χ0n) is 18.1. The topological polar surface area (TPSA) is 88.2 Å². The molecule has 2 fully saturated rings. The number of piperidine rings is 1. The van der Waals surface area contributed by atoms with E-state index in [4.69, 9.17) is 9.47 Å². The van der Waals surface area contributed by atoms with Crippen LogP contribution in [0.1, 0.15) is 43.5 Å². The summed E-state index contributed by atoms with van der Waals surface area (Å²) in [5, 5.41) is 3.08. The van der Waals surface area contributed by atoms with Crippen LogP contribution in [0.3, 0.4) is 0 Å². The maximum Gasteiger partial charge on any atom is 0.254 e. The molecule has 8 heteroatoms. The third-order valence-corrected chi connectivity index (χ3v) is 5.88. The first-order chi connectivity index (χ1) is 14.3. The van der Waals surface area contributed by atoms with Gasteiger partial charge < -0.3 is 24.6 Å². The average Bonchev–Trinajstić information content (AvgIpc) is 3.15. The van der Waals surface area contributed by atoms with Crippen LogP contribution in [-0.2, 0) is 9.59 Å². The Labute approximate surface area is 177 Å². The van der Waals surface area contributed by atoms with Crippen molar-refractivity contribution in [1.82, 2.24) is 15.1 Å². The molecule has 3 amide bonds. The molecule has 0 saturated carbocycles. The van der Waals surface area contributed by atoms with Crippen molar-refractivity contribution in [1.29, 1.82) is 0 Å². The molecule has 2 saturated heterocycles. The van der Waals surface area contributed by atoms with E-state index < -0.39 is 0 Å². The van der Waals surface area contributed by atoms with Crippen molar-refractivity contribution >= 4 is 17.7 Å². The van der Waals surface area contributed by atoms with Crippen molar-refractivity contribution in [3.63, 3.8) is 0 Å². The van der Waals surface area contributed by atoms with Crippen molar-refractivity contribution in [2.24, 2.45) is 5.92 Å². The summed E-state index contributed by atoms with van der Waals surface area (Å²) in [4.78, 5) is 41.1. The Hall–Kier alpha value is -2.77. The zero-order valence-corrected chi connectivity index (χ0v) is 18.1. The van der Waals surface area contributed by atoms with Crippen molar-refractivity contribution in [2.45, 2.75) is 45.2 Å². The van der Waals surface area contributed by atoms with E-state index in [9.17, 15) is 14.4 Å². The number of methoxy groups -OCH3 is 2. The molecule has 1 aromatic carbocycles. The lowest BCUT2D eigenvalue weighted by molar-refractivity contribution is -0.130. The normalized spacial score (nSPS) is 19.9. The molecule has 1 aromatic rings. The Bertz CT molecular complexity index is 780. The number of hydrogen-bond donors (Lipinski definition) is 1. The summed E-state index contributed by atoms with van der Waals surface area (Å²) in [7, 11) is 3.10. The molecule has 0 radical (unpaired) electrons. The highest BCUT2D eigenvalue weighted by Gasteiger charge is 2.36. The highest BCUT2D eigenvalue weighted by Crippen LogP contribution is 2.25. The van der Waals surface area contributed by atoms with E-state index in [1.54, 1.807) is 42.2 Å². The van der Waals surface area contributed by atoms with Crippen LogP contribution in [-0.4, -0.2) is 73.5 Å². The predicted molar refractivity (Wildman–Crippen MR) is 112 cm³/mol. The van der Waals surface area contributed by atoms with E-state index in [1.807, 2.05) is 13.8 Å². The Morgan fingerprint density at radius 1 is 1.07 bits per heavy atom. The summed E-state index contributed by atoms with van der Waals surface area (Å²) < 4.78 is 10.5. The molecule has 3 rings (SSSR count). The smallest absolute Gasteiger partial charge is 0.254 e. The van der Waals surface area contributed by atoms with E-state index in [0.29, 0.717) is 49.5 Å². The van der Waals surface area contributed by atoms with Gasteiger partial charge in [0.2, 0.25) is 11.8 Å². The molecule has 1 unspecified atom stereocenters. The van der Waals surface area contributed by atoms with Gasteiger partial charge in [-0.1, -0.05) is 0 Å². The van der Waals surface area contributed by atoms with Crippen LogP contribution in [0.4, 0.5) is 0 Å². The number of rotatable bonds is 6. The van der Waals surface area contributed by atoms with Crippen LogP contribution >= 0.6 is 0 Å². The van der Waals surface area contributed by atoms with Gasteiger partial charge in [0.15, 0.2) is 0 Å². The van der Waals surface area contributed by atoms with Gasteiger partial charge >= 0.3 is 0 Å².